The number of nitrogens with one attached hydrogen (secondary N) is 2. The monoisotopic (exact) mass is 311 g/mol. The van der Waals surface area contributed by atoms with E-state index < -0.39 is 0 Å². The fourth-order valence-electron chi connectivity index (χ4n) is 2.95. The first-order valence-corrected chi connectivity index (χ1v) is 7.39. The van der Waals surface area contributed by atoms with Gasteiger partial charge in [0.15, 0.2) is 0 Å². The Hall–Kier alpha value is -1.40. The molecule has 3 heterocycles. The van der Waals surface area contributed by atoms with Crippen LogP contribution in [-0.4, -0.2) is 52.7 Å². The van der Waals surface area contributed by atoms with Gasteiger partial charge in [-0.1, -0.05) is 0 Å². The lowest BCUT2D eigenvalue weighted by molar-refractivity contribution is -0.134. The van der Waals surface area contributed by atoms with Gasteiger partial charge in [0.25, 0.3) is 0 Å². The van der Waals surface area contributed by atoms with E-state index in [-0.39, 0.29) is 24.4 Å². The summed E-state index contributed by atoms with van der Waals surface area (Å²) in [7, 11) is 0. The average molecular weight is 312 g/mol. The number of hydrogen-bond acceptors (Lipinski definition) is 5. The zero-order chi connectivity index (χ0) is 13.8. The Balaban J connectivity index is 0.00000161. The van der Waals surface area contributed by atoms with Crippen molar-refractivity contribution >= 4 is 24.1 Å². The summed E-state index contributed by atoms with van der Waals surface area (Å²) in [5, 5.41) is 14.6. The quantitative estimate of drug-likeness (QED) is 0.873. The van der Waals surface area contributed by atoms with Gasteiger partial charge in [-0.3, -0.25) is 4.79 Å². The number of carbonyl (C=O) groups is 1. The van der Waals surface area contributed by atoms with Crippen LogP contribution in [0.2, 0.25) is 0 Å². The lowest BCUT2D eigenvalue weighted by Gasteiger charge is -2.34. The summed E-state index contributed by atoms with van der Waals surface area (Å²) < 4.78 is 0. The van der Waals surface area contributed by atoms with Crippen LogP contribution in [0.5, 0.6) is 0 Å². The minimum atomic E-state index is 0. The van der Waals surface area contributed by atoms with Gasteiger partial charge in [-0.05, 0) is 44.4 Å². The largest absolute Gasteiger partial charge is 0.366 e. The van der Waals surface area contributed by atoms with Gasteiger partial charge in [0.2, 0.25) is 5.91 Å². The maximum absolute atomic E-state index is 12.3. The van der Waals surface area contributed by atoms with Crippen molar-refractivity contribution in [3.8, 4) is 0 Å². The third kappa shape index (κ3) is 4.04. The van der Waals surface area contributed by atoms with Crippen molar-refractivity contribution in [3.05, 3.63) is 18.3 Å². The third-order valence-electron chi connectivity index (χ3n) is 4.09. The van der Waals surface area contributed by atoms with Crippen molar-refractivity contribution in [2.75, 3.05) is 25.0 Å². The number of anilines is 1. The minimum Gasteiger partial charge on any atom is -0.366 e. The van der Waals surface area contributed by atoms with Crippen molar-refractivity contribution in [2.24, 2.45) is 0 Å². The Morgan fingerprint density at radius 3 is 2.76 bits per heavy atom. The number of piperidine rings is 1. The van der Waals surface area contributed by atoms with Crippen LogP contribution in [0.3, 0.4) is 0 Å². The summed E-state index contributed by atoms with van der Waals surface area (Å²) in [5.41, 5.74) is 0. The van der Waals surface area contributed by atoms with Gasteiger partial charge in [-0.2, -0.15) is 5.10 Å². The van der Waals surface area contributed by atoms with E-state index in [0.29, 0.717) is 6.04 Å². The van der Waals surface area contributed by atoms with E-state index in [1.807, 2.05) is 17.0 Å². The summed E-state index contributed by atoms with van der Waals surface area (Å²) >= 11 is 0. The smallest absolute Gasteiger partial charge is 0.239 e. The standard InChI is InChI=1S/C14H21N5O.ClH/c20-14(12-3-1-7-15-12)19-9-5-11(6-10-19)17-13-4-2-8-16-18-13;/h2,4,8,11-12,15H,1,3,5-7,9-10H2,(H,17,18);1H. The molecule has 2 fully saturated rings. The lowest BCUT2D eigenvalue weighted by Crippen LogP contribution is -2.48. The number of carbonyl (C=O) groups excluding carboxylic acids is 1. The highest BCUT2D eigenvalue weighted by molar-refractivity contribution is 5.85. The molecule has 1 aromatic rings. The molecule has 1 atom stereocenters. The highest BCUT2D eigenvalue weighted by atomic mass is 35.5. The zero-order valence-electron chi connectivity index (χ0n) is 12.0. The first kappa shape index (κ1) is 16.0. The topological polar surface area (TPSA) is 70.2 Å². The van der Waals surface area contributed by atoms with Gasteiger partial charge < -0.3 is 15.5 Å². The van der Waals surface area contributed by atoms with Crippen LogP contribution in [0, 0.1) is 0 Å². The summed E-state index contributed by atoms with van der Waals surface area (Å²) in [6.07, 6.45) is 5.70. The highest BCUT2D eigenvalue weighted by Crippen LogP contribution is 2.17. The van der Waals surface area contributed by atoms with Crippen LogP contribution < -0.4 is 10.6 Å². The van der Waals surface area contributed by atoms with Crippen LogP contribution in [-0.2, 0) is 4.79 Å². The van der Waals surface area contributed by atoms with E-state index in [0.717, 1.165) is 51.1 Å². The summed E-state index contributed by atoms with van der Waals surface area (Å²) in [4.78, 5) is 14.3. The van der Waals surface area contributed by atoms with Crippen LogP contribution in [0.25, 0.3) is 0 Å². The van der Waals surface area contributed by atoms with Gasteiger partial charge in [-0.15, -0.1) is 17.5 Å². The third-order valence-corrected chi connectivity index (χ3v) is 4.09. The van der Waals surface area contributed by atoms with Crippen molar-refractivity contribution in [1.29, 1.82) is 0 Å². The highest BCUT2D eigenvalue weighted by Gasteiger charge is 2.29. The van der Waals surface area contributed by atoms with Crippen LogP contribution in [0.4, 0.5) is 5.82 Å². The maximum atomic E-state index is 12.3. The molecule has 0 spiro atoms. The Kier molecular flexibility index (Phi) is 5.76. The first-order chi connectivity index (χ1) is 9.83. The molecular formula is C14H22ClN5O. The number of likely N-dealkylation sites (tertiary alicyclic amines) is 1. The van der Waals surface area contributed by atoms with Gasteiger partial charge >= 0.3 is 0 Å². The number of halogens is 1. The van der Waals surface area contributed by atoms with E-state index in [2.05, 4.69) is 20.8 Å². The molecular weight excluding hydrogens is 290 g/mol. The van der Waals surface area contributed by atoms with E-state index in [1.54, 1.807) is 6.20 Å². The molecule has 21 heavy (non-hydrogen) atoms. The van der Waals surface area contributed by atoms with E-state index in [4.69, 9.17) is 0 Å². The summed E-state index contributed by atoms with van der Waals surface area (Å²) in [6.45, 7) is 2.63. The SMILES string of the molecule is Cl.O=C(C1CCCN1)N1CCC(Nc2cccnn2)CC1. The molecule has 1 amide bonds. The molecule has 7 heteroatoms. The number of aromatic nitrogens is 2. The number of rotatable bonds is 3. The van der Waals surface area contributed by atoms with E-state index in [9.17, 15) is 4.79 Å². The number of nitrogens with zero attached hydrogens (tertiary/aromatic N) is 3. The van der Waals surface area contributed by atoms with Crippen LogP contribution in [0.15, 0.2) is 18.3 Å². The van der Waals surface area contributed by atoms with E-state index in [1.165, 1.54) is 0 Å². The Labute approximate surface area is 131 Å². The average Bonchev–Trinajstić information content (AvgIpc) is 3.03. The number of amides is 1. The molecule has 2 aliphatic heterocycles. The molecule has 2 aliphatic rings. The van der Waals surface area contributed by atoms with Crippen molar-refractivity contribution < 1.29 is 4.79 Å². The predicted octanol–water partition coefficient (Wildman–Crippen LogP) is 1.05. The fourth-order valence-corrected chi connectivity index (χ4v) is 2.95. The molecule has 0 bridgehead atoms. The molecule has 1 unspecified atom stereocenters. The van der Waals surface area contributed by atoms with Crippen molar-refractivity contribution in [1.82, 2.24) is 20.4 Å². The molecule has 2 N–H and O–H groups in total. The molecule has 0 radical (unpaired) electrons. The molecule has 0 aromatic carbocycles. The molecule has 1 aromatic heterocycles. The lowest BCUT2D eigenvalue weighted by atomic mass is 10.0. The molecule has 3 rings (SSSR count). The predicted molar refractivity (Wildman–Crippen MR) is 83.5 cm³/mol. The van der Waals surface area contributed by atoms with Crippen molar-refractivity contribution in [3.63, 3.8) is 0 Å². The Morgan fingerprint density at radius 1 is 1.33 bits per heavy atom. The van der Waals surface area contributed by atoms with Gasteiger partial charge in [0, 0.05) is 25.3 Å². The first-order valence-electron chi connectivity index (χ1n) is 7.39. The second kappa shape index (κ2) is 7.56. The van der Waals surface area contributed by atoms with Gasteiger partial charge in [0.1, 0.15) is 5.82 Å². The second-order valence-electron chi connectivity index (χ2n) is 5.50. The Bertz CT molecular complexity index is 444. The van der Waals surface area contributed by atoms with Gasteiger partial charge in [0.05, 0.1) is 6.04 Å². The van der Waals surface area contributed by atoms with Crippen LogP contribution in [0.1, 0.15) is 25.7 Å². The number of hydrogen-bond donors (Lipinski definition) is 2. The van der Waals surface area contributed by atoms with E-state index >= 15 is 0 Å². The molecule has 6 nitrogen and oxygen atoms in total. The molecule has 0 saturated carbocycles. The normalized spacial score (nSPS) is 22.7. The minimum absolute atomic E-state index is 0. The van der Waals surface area contributed by atoms with Crippen LogP contribution >= 0.6 is 12.4 Å². The molecule has 116 valence electrons. The Morgan fingerprint density at radius 2 is 2.14 bits per heavy atom. The fraction of sp³-hybridized carbons (Fsp3) is 0.643. The molecule has 2 saturated heterocycles. The summed E-state index contributed by atoms with van der Waals surface area (Å²) in [5.74, 6) is 1.09. The summed E-state index contributed by atoms with van der Waals surface area (Å²) in [6, 6.07) is 4.24. The zero-order valence-corrected chi connectivity index (χ0v) is 12.8. The van der Waals surface area contributed by atoms with Gasteiger partial charge in [-0.25, -0.2) is 0 Å². The second-order valence-corrected chi connectivity index (χ2v) is 5.50. The molecule has 0 aliphatic carbocycles. The van der Waals surface area contributed by atoms with Crippen molar-refractivity contribution in [2.45, 2.75) is 37.8 Å². The maximum Gasteiger partial charge on any atom is 0.239 e.